The highest BCUT2D eigenvalue weighted by Gasteiger charge is 2.61. The van der Waals surface area contributed by atoms with Crippen molar-refractivity contribution in [2.45, 2.75) is 104 Å². The van der Waals surface area contributed by atoms with Gasteiger partial charge in [-0.2, -0.15) is 13.1 Å². The van der Waals surface area contributed by atoms with Crippen LogP contribution in [0.15, 0.2) is 0 Å². The quantitative estimate of drug-likeness (QED) is 0.250. The van der Waals surface area contributed by atoms with E-state index in [0.717, 1.165) is 0 Å². The van der Waals surface area contributed by atoms with Crippen molar-refractivity contribution in [3.8, 4) is 0 Å². The number of hydrogen-bond donors (Lipinski definition) is 4. The highest BCUT2D eigenvalue weighted by atomic mass is 35.6. The van der Waals surface area contributed by atoms with E-state index in [2.05, 4.69) is 4.18 Å². The minimum absolute atomic E-state index is 0.257. The lowest BCUT2D eigenvalue weighted by atomic mass is 9.97. The lowest BCUT2D eigenvalue weighted by molar-refractivity contribution is -0.291. The molecule has 0 bridgehead atoms. The van der Waals surface area contributed by atoms with Crippen LogP contribution < -0.4 is 4.72 Å². The van der Waals surface area contributed by atoms with Crippen molar-refractivity contribution in [2.24, 2.45) is 0 Å². The summed E-state index contributed by atoms with van der Waals surface area (Å²) in [6, 6.07) is -1.59. The number of alkyl halides is 3. The van der Waals surface area contributed by atoms with E-state index >= 15 is 0 Å². The molecule has 0 aromatic carbocycles. The van der Waals surface area contributed by atoms with E-state index in [9.17, 15) is 23.7 Å². The first-order valence-corrected chi connectivity index (χ1v) is 14.3. The van der Waals surface area contributed by atoms with Crippen LogP contribution in [0.2, 0.25) is 0 Å². The number of aliphatic hydroxyl groups is 3. The molecule has 4 saturated heterocycles. The molecule has 4 aliphatic rings. The van der Waals surface area contributed by atoms with Crippen molar-refractivity contribution in [3.63, 3.8) is 0 Å². The minimum Gasteiger partial charge on any atom is -0.394 e. The Hall–Kier alpha value is 0.340. The maximum atomic E-state index is 12.5. The van der Waals surface area contributed by atoms with Crippen LogP contribution in [0.3, 0.4) is 0 Å². The molecule has 0 aromatic rings. The second kappa shape index (κ2) is 11.2. The van der Waals surface area contributed by atoms with Gasteiger partial charge < -0.3 is 48.5 Å². The Morgan fingerprint density at radius 3 is 2.13 bits per heavy atom. The lowest BCUT2D eigenvalue weighted by Crippen LogP contribution is -2.65. The number of halogens is 3. The van der Waals surface area contributed by atoms with Gasteiger partial charge >= 0.3 is 10.3 Å². The molecule has 0 radical (unpaired) electrons. The molecule has 0 aromatic heterocycles. The van der Waals surface area contributed by atoms with E-state index in [-0.39, 0.29) is 6.61 Å². The van der Waals surface area contributed by atoms with Crippen molar-refractivity contribution in [2.75, 3.05) is 19.8 Å². The smallest absolute Gasteiger partial charge is 0.336 e. The molecule has 4 heterocycles. The first-order chi connectivity index (χ1) is 17.4. The number of ether oxygens (including phenoxy) is 7. The average Bonchev–Trinajstić information content (AvgIpc) is 3.28. The van der Waals surface area contributed by atoms with Crippen LogP contribution in [0.25, 0.3) is 0 Å². The standard InChI is InChI=1S/C20H32Cl3NO13S/c1-18(2)34-13-9(33-17-15(14(13)35-18)36-19(3,4)37-17)6-30-16-10(12(27)11(26)8(5-25)32-16)24-38(28,29)31-7-20(21,22)23/h8-17,24-27H,5-7H2,1-4H3/t8-,9-,10-,11-,12-,13+,14+,15-,16-,17-/m1/s1. The molecule has 0 aliphatic carbocycles. The van der Waals surface area contributed by atoms with Crippen molar-refractivity contribution in [1.82, 2.24) is 4.72 Å². The van der Waals surface area contributed by atoms with E-state index in [4.69, 9.17) is 68.0 Å². The molecule has 0 spiro atoms. The maximum absolute atomic E-state index is 12.5. The summed E-state index contributed by atoms with van der Waals surface area (Å²) >= 11 is 16.6. The van der Waals surface area contributed by atoms with Gasteiger partial charge in [-0.25, -0.2) is 0 Å². The fraction of sp³-hybridized carbons (Fsp3) is 1.00. The molecular weight excluding hydrogens is 601 g/mol. The van der Waals surface area contributed by atoms with Gasteiger partial charge in [-0.1, -0.05) is 34.8 Å². The number of rotatable bonds is 8. The van der Waals surface area contributed by atoms with Gasteiger partial charge in [0.2, 0.25) is 3.79 Å². The SMILES string of the molecule is CC1(C)O[C@H]2[C@@H](O1)[C@@H](CO[C@@H]1O[C@H](CO)[C@@H](O)[C@H](O)[C@H]1NS(=O)(=O)OCC(Cl)(Cl)Cl)O[C@@H]1OC(C)(C)O[C@@H]12. The van der Waals surface area contributed by atoms with E-state index in [1.165, 1.54) is 0 Å². The van der Waals surface area contributed by atoms with Crippen molar-refractivity contribution in [3.05, 3.63) is 0 Å². The second-order valence-corrected chi connectivity index (χ2v) is 14.1. The van der Waals surface area contributed by atoms with Crippen LogP contribution in [0.1, 0.15) is 27.7 Å². The molecule has 4 fully saturated rings. The van der Waals surface area contributed by atoms with E-state index in [1.807, 2.05) is 4.72 Å². The zero-order valence-corrected chi connectivity index (χ0v) is 23.9. The minimum atomic E-state index is -4.63. The second-order valence-electron chi connectivity index (χ2n) is 10.2. The van der Waals surface area contributed by atoms with Crippen LogP contribution in [-0.4, -0.2) is 120 Å². The van der Waals surface area contributed by atoms with Crippen LogP contribution in [0.5, 0.6) is 0 Å². The van der Waals surface area contributed by atoms with Gasteiger partial charge in [0.1, 0.15) is 55.4 Å². The molecule has 18 heteroatoms. The van der Waals surface area contributed by atoms with Gasteiger partial charge in [0.05, 0.1) is 13.2 Å². The van der Waals surface area contributed by atoms with E-state index in [1.54, 1.807) is 27.7 Å². The molecule has 4 rings (SSSR count). The summed E-state index contributed by atoms with van der Waals surface area (Å²) in [4.78, 5) is 0. The highest BCUT2D eigenvalue weighted by molar-refractivity contribution is 7.84. The Kier molecular flexibility index (Phi) is 9.22. The third-order valence-corrected chi connectivity index (χ3v) is 7.53. The number of aliphatic hydroxyl groups excluding tert-OH is 3. The van der Waals surface area contributed by atoms with Gasteiger partial charge in [0.15, 0.2) is 24.2 Å². The molecule has 10 atom stereocenters. The van der Waals surface area contributed by atoms with Gasteiger partial charge in [-0.05, 0) is 27.7 Å². The van der Waals surface area contributed by atoms with Crippen LogP contribution >= 0.6 is 34.8 Å². The summed E-state index contributed by atoms with van der Waals surface area (Å²) in [5, 5.41) is 30.5. The first-order valence-electron chi connectivity index (χ1n) is 11.7. The third kappa shape index (κ3) is 7.21. The van der Waals surface area contributed by atoms with Crippen LogP contribution in [0.4, 0.5) is 0 Å². The Morgan fingerprint density at radius 1 is 0.895 bits per heavy atom. The Balaban J connectivity index is 1.50. The van der Waals surface area contributed by atoms with E-state index < -0.39 is 100 Å². The average molecular weight is 633 g/mol. The fourth-order valence-electron chi connectivity index (χ4n) is 4.71. The molecule has 0 amide bonds. The molecule has 0 saturated carbocycles. The van der Waals surface area contributed by atoms with Gasteiger partial charge in [0.25, 0.3) is 0 Å². The number of nitrogens with one attached hydrogen (secondary N) is 1. The number of hydrogen-bond acceptors (Lipinski definition) is 13. The van der Waals surface area contributed by atoms with Crippen molar-refractivity contribution >= 4 is 45.1 Å². The molecule has 4 N–H and O–H groups in total. The molecule has 4 aliphatic heterocycles. The first kappa shape index (κ1) is 31.3. The Labute approximate surface area is 234 Å². The fourth-order valence-corrected chi connectivity index (χ4v) is 6.05. The zero-order valence-electron chi connectivity index (χ0n) is 20.9. The third-order valence-electron chi connectivity index (χ3n) is 6.21. The van der Waals surface area contributed by atoms with Gasteiger partial charge in [-0.15, -0.1) is 0 Å². The monoisotopic (exact) mass is 631 g/mol. The summed E-state index contributed by atoms with van der Waals surface area (Å²) in [6.45, 7) is 5.14. The topological polar surface area (TPSA) is 181 Å². The summed E-state index contributed by atoms with van der Waals surface area (Å²) in [5.74, 6) is -1.91. The predicted molar refractivity (Wildman–Crippen MR) is 128 cm³/mol. The van der Waals surface area contributed by atoms with E-state index in [0.29, 0.717) is 0 Å². The molecule has 14 nitrogen and oxygen atoms in total. The maximum Gasteiger partial charge on any atom is 0.336 e. The molecule has 222 valence electrons. The van der Waals surface area contributed by atoms with Crippen LogP contribution in [0, 0.1) is 0 Å². The van der Waals surface area contributed by atoms with Crippen LogP contribution in [-0.2, 0) is 47.6 Å². The highest BCUT2D eigenvalue weighted by Crippen LogP contribution is 2.44. The number of fused-ring (bicyclic) bond motifs is 3. The summed E-state index contributed by atoms with van der Waals surface area (Å²) in [6.07, 6.45) is -9.71. The Bertz CT molecular complexity index is 951. The summed E-state index contributed by atoms with van der Waals surface area (Å²) in [7, 11) is -4.63. The predicted octanol–water partition coefficient (Wildman–Crippen LogP) is -0.572. The molecule has 38 heavy (non-hydrogen) atoms. The van der Waals surface area contributed by atoms with Crippen molar-refractivity contribution in [1.29, 1.82) is 0 Å². The van der Waals surface area contributed by atoms with Gasteiger partial charge in [0, 0.05) is 0 Å². The zero-order chi connectivity index (χ0) is 28.3. The summed E-state index contributed by atoms with van der Waals surface area (Å²) in [5.41, 5.74) is 0. The molecular formula is C20H32Cl3NO13S. The summed E-state index contributed by atoms with van der Waals surface area (Å²) < 4.78 is 70.9. The van der Waals surface area contributed by atoms with Gasteiger partial charge in [-0.3, -0.25) is 4.18 Å². The van der Waals surface area contributed by atoms with Crippen molar-refractivity contribution < 1.29 is 61.1 Å². The lowest BCUT2D eigenvalue weighted by Gasteiger charge is -2.43. The molecule has 0 unspecified atom stereocenters. The normalized spacial score (nSPS) is 42.6. The Morgan fingerprint density at radius 2 is 1.50 bits per heavy atom. The largest absolute Gasteiger partial charge is 0.394 e.